The molecule has 2 N–H and O–H groups in total. The Labute approximate surface area is 67.6 Å². The minimum Gasteiger partial charge on any atom is -0.327 e. The molecule has 1 atom stereocenters. The van der Waals surface area contributed by atoms with Crippen molar-refractivity contribution in [2.75, 3.05) is 6.54 Å². The number of thiophene rings is 1. The van der Waals surface area contributed by atoms with E-state index in [1.807, 2.05) is 0 Å². The molecule has 1 aromatic heterocycles. The van der Waals surface area contributed by atoms with Crippen molar-refractivity contribution in [2.24, 2.45) is 5.73 Å². The van der Waals surface area contributed by atoms with Gasteiger partial charge in [-0.2, -0.15) is 0 Å². The maximum absolute atomic E-state index is 12.7. The summed E-state index contributed by atoms with van der Waals surface area (Å²) in [6, 6.07) is 3.33. The van der Waals surface area contributed by atoms with E-state index in [9.17, 15) is 4.39 Å². The third-order valence-electron chi connectivity index (χ3n) is 1.11. The third-order valence-corrected chi connectivity index (χ3v) is 2.43. The first-order valence-electron chi connectivity index (χ1n) is 2.83. The molecule has 0 aromatic carbocycles. The summed E-state index contributed by atoms with van der Waals surface area (Å²) in [6.07, 6.45) is -1.06. The second kappa shape index (κ2) is 3.32. The molecular weight excluding hydrogens is 173 g/mol. The van der Waals surface area contributed by atoms with Crippen LogP contribution in [-0.4, -0.2) is 6.54 Å². The van der Waals surface area contributed by atoms with Crippen LogP contribution in [0.5, 0.6) is 0 Å². The van der Waals surface area contributed by atoms with Crippen molar-refractivity contribution in [3.05, 3.63) is 21.3 Å². The van der Waals surface area contributed by atoms with Gasteiger partial charge in [-0.05, 0) is 12.1 Å². The van der Waals surface area contributed by atoms with Gasteiger partial charge in [0, 0.05) is 11.4 Å². The van der Waals surface area contributed by atoms with Crippen molar-refractivity contribution in [2.45, 2.75) is 6.17 Å². The number of alkyl halides is 1. The molecular formula is C6H7ClFNS. The topological polar surface area (TPSA) is 26.0 Å². The maximum Gasteiger partial charge on any atom is 0.146 e. The van der Waals surface area contributed by atoms with Crippen LogP contribution in [0, 0.1) is 0 Å². The summed E-state index contributed by atoms with van der Waals surface area (Å²) in [4.78, 5) is 0.604. The van der Waals surface area contributed by atoms with Crippen molar-refractivity contribution in [1.29, 1.82) is 0 Å². The lowest BCUT2D eigenvalue weighted by molar-refractivity contribution is 0.358. The smallest absolute Gasteiger partial charge is 0.146 e. The molecule has 1 heterocycles. The Morgan fingerprint density at radius 1 is 1.70 bits per heavy atom. The van der Waals surface area contributed by atoms with Gasteiger partial charge in [0.15, 0.2) is 0 Å². The van der Waals surface area contributed by atoms with Gasteiger partial charge in [-0.15, -0.1) is 11.3 Å². The molecule has 56 valence electrons. The van der Waals surface area contributed by atoms with E-state index < -0.39 is 6.17 Å². The number of hydrogen-bond donors (Lipinski definition) is 1. The summed E-state index contributed by atoms with van der Waals surface area (Å²) < 4.78 is 13.3. The normalized spacial score (nSPS) is 13.5. The summed E-state index contributed by atoms with van der Waals surface area (Å²) in [5.74, 6) is 0. The number of rotatable bonds is 2. The number of halogens is 2. The van der Waals surface area contributed by atoms with E-state index in [4.69, 9.17) is 17.3 Å². The lowest BCUT2D eigenvalue weighted by Crippen LogP contribution is -2.05. The van der Waals surface area contributed by atoms with Crippen LogP contribution >= 0.6 is 22.9 Å². The molecule has 4 heteroatoms. The molecule has 0 aliphatic carbocycles. The minimum absolute atomic E-state index is 0.0246. The molecule has 0 bridgehead atoms. The highest BCUT2D eigenvalue weighted by molar-refractivity contribution is 7.16. The lowest BCUT2D eigenvalue weighted by atomic mass is 10.3. The molecule has 0 spiro atoms. The van der Waals surface area contributed by atoms with E-state index >= 15 is 0 Å². The zero-order valence-corrected chi connectivity index (χ0v) is 6.75. The summed E-state index contributed by atoms with van der Waals surface area (Å²) in [5, 5.41) is 0. The number of hydrogen-bond acceptors (Lipinski definition) is 2. The highest BCUT2D eigenvalue weighted by Gasteiger charge is 2.08. The van der Waals surface area contributed by atoms with Gasteiger partial charge in [0.2, 0.25) is 0 Å². The Morgan fingerprint density at radius 2 is 2.40 bits per heavy atom. The van der Waals surface area contributed by atoms with Crippen molar-refractivity contribution in [3.8, 4) is 0 Å². The molecule has 0 aliphatic heterocycles. The van der Waals surface area contributed by atoms with Crippen LogP contribution in [0.2, 0.25) is 4.34 Å². The summed E-state index contributed by atoms with van der Waals surface area (Å²) in [6.45, 7) is 0.0246. The van der Waals surface area contributed by atoms with E-state index in [2.05, 4.69) is 0 Å². The molecule has 1 unspecified atom stereocenters. The maximum atomic E-state index is 12.7. The average molecular weight is 180 g/mol. The molecule has 0 amide bonds. The van der Waals surface area contributed by atoms with E-state index in [0.717, 1.165) is 0 Å². The molecule has 1 aromatic rings. The molecule has 0 saturated heterocycles. The zero-order chi connectivity index (χ0) is 7.56. The van der Waals surface area contributed by atoms with Gasteiger partial charge in [0.05, 0.1) is 4.34 Å². The van der Waals surface area contributed by atoms with Crippen molar-refractivity contribution < 1.29 is 4.39 Å². The molecule has 0 saturated carbocycles. The van der Waals surface area contributed by atoms with Gasteiger partial charge in [0.25, 0.3) is 0 Å². The van der Waals surface area contributed by atoms with Gasteiger partial charge in [-0.25, -0.2) is 4.39 Å². The first kappa shape index (κ1) is 7.98. The van der Waals surface area contributed by atoms with E-state index in [0.29, 0.717) is 9.21 Å². The molecule has 0 fully saturated rings. The zero-order valence-electron chi connectivity index (χ0n) is 5.18. The molecule has 1 nitrogen and oxygen atoms in total. The lowest BCUT2D eigenvalue weighted by Gasteiger charge is -1.98. The number of nitrogens with two attached hydrogens (primary N) is 1. The van der Waals surface area contributed by atoms with E-state index in [-0.39, 0.29) is 6.54 Å². The van der Waals surface area contributed by atoms with Crippen LogP contribution in [0.15, 0.2) is 12.1 Å². The highest BCUT2D eigenvalue weighted by atomic mass is 35.5. The Kier molecular flexibility index (Phi) is 2.65. The van der Waals surface area contributed by atoms with Gasteiger partial charge in [0.1, 0.15) is 6.17 Å². The minimum atomic E-state index is -1.06. The molecule has 0 radical (unpaired) electrons. The van der Waals surface area contributed by atoms with E-state index in [1.165, 1.54) is 11.3 Å². The predicted molar refractivity (Wildman–Crippen MR) is 42.2 cm³/mol. The fourth-order valence-corrected chi connectivity index (χ4v) is 1.66. The SMILES string of the molecule is NCC(F)c1ccc(Cl)s1. The average Bonchev–Trinajstić information content (AvgIpc) is 2.34. The molecule has 1 rings (SSSR count). The largest absolute Gasteiger partial charge is 0.327 e. The van der Waals surface area contributed by atoms with Gasteiger partial charge in [-0.1, -0.05) is 11.6 Å². The second-order valence-electron chi connectivity index (χ2n) is 1.85. The first-order valence-corrected chi connectivity index (χ1v) is 4.03. The molecule has 10 heavy (non-hydrogen) atoms. The summed E-state index contributed by atoms with van der Waals surface area (Å²) in [5.41, 5.74) is 5.10. The fraction of sp³-hybridized carbons (Fsp3) is 0.333. The van der Waals surface area contributed by atoms with Gasteiger partial charge < -0.3 is 5.73 Å². The predicted octanol–water partition coefficient (Wildman–Crippen LogP) is 2.37. The Morgan fingerprint density at radius 3 is 2.80 bits per heavy atom. The standard InChI is InChI=1S/C6H7ClFNS/c7-6-2-1-5(10-6)4(8)3-9/h1-2,4H,3,9H2. The van der Waals surface area contributed by atoms with Crippen LogP contribution in [0.25, 0.3) is 0 Å². The van der Waals surface area contributed by atoms with Crippen LogP contribution in [-0.2, 0) is 0 Å². The van der Waals surface area contributed by atoms with Crippen LogP contribution < -0.4 is 5.73 Å². The third kappa shape index (κ3) is 1.68. The Hall–Kier alpha value is -0.120. The summed E-state index contributed by atoms with van der Waals surface area (Å²) >= 11 is 6.80. The van der Waals surface area contributed by atoms with Crippen molar-refractivity contribution in [1.82, 2.24) is 0 Å². The van der Waals surface area contributed by atoms with E-state index in [1.54, 1.807) is 12.1 Å². The second-order valence-corrected chi connectivity index (χ2v) is 3.59. The Balaban J connectivity index is 2.74. The van der Waals surface area contributed by atoms with Crippen LogP contribution in [0.1, 0.15) is 11.0 Å². The van der Waals surface area contributed by atoms with Gasteiger partial charge in [-0.3, -0.25) is 0 Å². The highest BCUT2D eigenvalue weighted by Crippen LogP contribution is 2.28. The molecule has 0 aliphatic rings. The van der Waals surface area contributed by atoms with Crippen LogP contribution in [0.4, 0.5) is 4.39 Å². The monoisotopic (exact) mass is 179 g/mol. The van der Waals surface area contributed by atoms with Crippen molar-refractivity contribution >= 4 is 22.9 Å². The first-order chi connectivity index (χ1) is 4.74. The van der Waals surface area contributed by atoms with Gasteiger partial charge >= 0.3 is 0 Å². The van der Waals surface area contributed by atoms with Crippen LogP contribution in [0.3, 0.4) is 0 Å². The quantitative estimate of drug-likeness (QED) is 0.741. The fourth-order valence-electron chi connectivity index (χ4n) is 0.613. The van der Waals surface area contributed by atoms with Crippen molar-refractivity contribution in [3.63, 3.8) is 0 Å². The summed E-state index contributed by atoms with van der Waals surface area (Å²) in [7, 11) is 0. The Bertz CT molecular complexity index is 213.